The number of furan rings is 1. The lowest BCUT2D eigenvalue weighted by atomic mass is 10.1. The average Bonchev–Trinajstić information content (AvgIpc) is 3.40. The lowest BCUT2D eigenvalue weighted by Crippen LogP contribution is -2.43. The van der Waals surface area contributed by atoms with E-state index in [9.17, 15) is 14.7 Å². The Labute approximate surface area is 162 Å². The summed E-state index contributed by atoms with van der Waals surface area (Å²) in [7, 11) is 0. The Morgan fingerprint density at radius 2 is 2.18 bits per heavy atom. The van der Waals surface area contributed by atoms with E-state index >= 15 is 0 Å². The lowest BCUT2D eigenvalue weighted by Gasteiger charge is -2.23. The largest absolute Gasteiger partial charge is 0.508 e. The quantitative estimate of drug-likeness (QED) is 0.828. The predicted octanol–water partition coefficient (Wildman–Crippen LogP) is 1.46. The molecule has 4 rings (SSSR count). The molecule has 2 aliphatic heterocycles. The van der Waals surface area contributed by atoms with Gasteiger partial charge in [-0.3, -0.25) is 14.5 Å². The summed E-state index contributed by atoms with van der Waals surface area (Å²) in [5, 5.41) is 22.3. The number of amides is 2. The van der Waals surface area contributed by atoms with Crippen LogP contribution < -0.4 is 5.32 Å². The van der Waals surface area contributed by atoms with Crippen LogP contribution in [-0.4, -0.2) is 65.0 Å². The highest BCUT2D eigenvalue weighted by atomic mass is 16.3. The Hall–Kier alpha value is -3.05. The van der Waals surface area contributed by atoms with Crippen molar-refractivity contribution in [2.45, 2.75) is 31.3 Å². The molecule has 2 saturated heterocycles. The van der Waals surface area contributed by atoms with E-state index in [-0.39, 0.29) is 36.2 Å². The van der Waals surface area contributed by atoms with Crippen LogP contribution in [0, 0.1) is 11.3 Å². The molecule has 0 radical (unpaired) electrons. The van der Waals surface area contributed by atoms with Crippen molar-refractivity contribution in [2.75, 3.05) is 26.2 Å². The van der Waals surface area contributed by atoms with Gasteiger partial charge in [-0.2, -0.15) is 5.26 Å². The number of fused-ring (bicyclic) bond motifs is 1. The molecule has 8 nitrogen and oxygen atoms in total. The Bertz CT molecular complexity index is 947. The second-order valence-corrected chi connectivity index (χ2v) is 7.40. The summed E-state index contributed by atoms with van der Waals surface area (Å²) in [6, 6.07) is 6.49. The van der Waals surface area contributed by atoms with Crippen LogP contribution in [0.15, 0.2) is 28.9 Å². The molecule has 2 aromatic rings. The highest BCUT2D eigenvalue weighted by Gasteiger charge is 2.32. The van der Waals surface area contributed by atoms with E-state index in [2.05, 4.69) is 11.4 Å². The fourth-order valence-electron chi connectivity index (χ4n) is 4.03. The smallest absolute Gasteiger partial charge is 0.255 e. The number of nitrogens with one attached hydrogen (secondary N) is 1. The van der Waals surface area contributed by atoms with Crippen LogP contribution in [0.5, 0.6) is 5.75 Å². The van der Waals surface area contributed by atoms with Gasteiger partial charge in [0.15, 0.2) is 0 Å². The summed E-state index contributed by atoms with van der Waals surface area (Å²) in [5.41, 5.74) is 0.889. The minimum Gasteiger partial charge on any atom is -0.508 e. The molecule has 0 unspecified atom stereocenters. The molecule has 0 saturated carbocycles. The van der Waals surface area contributed by atoms with Crippen LogP contribution in [0.2, 0.25) is 0 Å². The van der Waals surface area contributed by atoms with Gasteiger partial charge in [0, 0.05) is 37.1 Å². The monoisotopic (exact) mass is 382 g/mol. The lowest BCUT2D eigenvalue weighted by molar-refractivity contribution is -0.132. The number of hydrogen-bond acceptors (Lipinski definition) is 6. The molecule has 2 atom stereocenters. The van der Waals surface area contributed by atoms with E-state index in [0.29, 0.717) is 29.6 Å². The number of hydrogen-bond donors (Lipinski definition) is 2. The van der Waals surface area contributed by atoms with E-state index in [4.69, 9.17) is 9.68 Å². The Morgan fingerprint density at radius 1 is 1.32 bits per heavy atom. The van der Waals surface area contributed by atoms with Crippen LogP contribution in [0.1, 0.15) is 29.6 Å². The molecule has 0 aliphatic carbocycles. The summed E-state index contributed by atoms with van der Waals surface area (Å²) >= 11 is 0. The molecule has 0 bridgehead atoms. The Kier molecular flexibility index (Phi) is 4.92. The fourth-order valence-corrected chi connectivity index (χ4v) is 4.03. The molecule has 3 heterocycles. The molecule has 1 aromatic heterocycles. The molecular formula is C20H22N4O4. The maximum Gasteiger partial charge on any atom is 0.255 e. The van der Waals surface area contributed by atoms with E-state index in [1.165, 1.54) is 18.4 Å². The van der Waals surface area contributed by atoms with Gasteiger partial charge in [-0.25, -0.2) is 0 Å². The first-order valence-electron chi connectivity index (χ1n) is 9.47. The van der Waals surface area contributed by atoms with Gasteiger partial charge in [0.2, 0.25) is 5.91 Å². The van der Waals surface area contributed by atoms with Crippen LogP contribution >= 0.6 is 0 Å². The third kappa shape index (κ3) is 3.53. The number of likely N-dealkylation sites (tertiary alicyclic amines) is 2. The van der Waals surface area contributed by atoms with Crippen molar-refractivity contribution < 1.29 is 19.1 Å². The van der Waals surface area contributed by atoms with Crippen LogP contribution in [0.3, 0.4) is 0 Å². The van der Waals surface area contributed by atoms with Crippen LogP contribution in [0.4, 0.5) is 0 Å². The Balaban J connectivity index is 1.33. The van der Waals surface area contributed by atoms with Crippen molar-refractivity contribution in [1.82, 2.24) is 15.1 Å². The van der Waals surface area contributed by atoms with E-state index in [1.807, 2.05) is 4.90 Å². The molecule has 0 spiro atoms. The summed E-state index contributed by atoms with van der Waals surface area (Å²) in [4.78, 5) is 28.8. The van der Waals surface area contributed by atoms with Gasteiger partial charge in [0.05, 0.1) is 18.2 Å². The second kappa shape index (κ2) is 7.52. The summed E-state index contributed by atoms with van der Waals surface area (Å²) in [6.07, 6.45) is 3.78. The zero-order chi connectivity index (χ0) is 19.7. The van der Waals surface area contributed by atoms with Gasteiger partial charge >= 0.3 is 0 Å². The van der Waals surface area contributed by atoms with Crippen LogP contribution in [-0.2, 0) is 4.79 Å². The van der Waals surface area contributed by atoms with Gasteiger partial charge in [-0.1, -0.05) is 0 Å². The molecule has 28 heavy (non-hydrogen) atoms. The first kappa shape index (κ1) is 18.3. The molecular weight excluding hydrogens is 360 g/mol. The minimum absolute atomic E-state index is 0.0170. The van der Waals surface area contributed by atoms with Crippen molar-refractivity contribution in [3.05, 3.63) is 30.0 Å². The normalized spacial score (nSPS) is 22.5. The fraction of sp³-hybridized carbons (Fsp3) is 0.450. The third-order valence-electron chi connectivity index (χ3n) is 5.49. The zero-order valence-electron chi connectivity index (χ0n) is 15.4. The summed E-state index contributed by atoms with van der Waals surface area (Å²) < 4.78 is 5.36. The number of carbonyl (C=O) groups excluding carboxylic acids is 2. The van der Waals surface area contributed by atoms with Crippen molar-refractivity contribution in [3.63, 3.8) is 0 Å². The summed E-state index contributed by atoms with van der Waals surface area (Å²) in [5.74, 6) is -0.162. The number of benzene rings is 1. The standard InChI is InChI=1S/C20H22N4O4/c21-9-14-2-1-6-24(14)19(26)11-23-7-5-13(10-23)22-20(27)17-12-28-18-8-15(25)3-4-16(17)18/h3-4,8,12-14,25H,1-2,5-7,10-11H2,(H,22,27)/t13-,14-/m0/s1. The molecule has 2 aliphatic rings. The number of aromatic hydroxyl groups is 1. The third-order valence-corrected chi connectivity index (χ3v) is 5.49. The number of rotatable bonds is 4. The topological polar surface area (TPSA) is 110 Å². The van der Waals surface area contributed by atoms with E-state index in [1.54, 1.807) is 11.0 Å². The van der Waals surface area contributed by atoms with Crippen molar-refractivity contribution >= 4 is 22.8 Å². The van der Waals surface area contributed by atoms with Gasteiger partial charge in [0.1, 0.15) is 23.6 Å². The number of carbonyl (C=O) groups is 2. The first-order chi connectivity index (χ1) is 13.5. The SMILES string of the molecule is N#C[C@@H]1CCCN1C(=O)CN1CC[C@H](NC(=O)c2coc3cc(O)ccc23)C1. The van der Waals surface area contributed by atoms with Crippen molar-refractivity contribution in [3.8, 4) is 11.8 Å². The van der Waals surface area contributed by atoms with Gasteiger partial charge < -0.3 is 19.7 Å². The van der Waals surface area contributed by atoms with E-state index in [0.717, 1.165) is 25.8 Å². The number of nitrogens with zero attached hydrogens (tertiary/aromatic N) is 3. The molecule has 146 valence electrons. The molecule has 2 amide bonds. The number of nitriles is 1. The zero-order valence-corrected chi connectivity index (χ0v) is 15.4. The molecule has 8 heteroatoms. The second-order valence-electron chi connectivity index (χ2n) is 7.40. The number of phenolic OH excluding ortho intramolecular Hbond substituents is 1. The maximum absolute atomic E-state index is 12.6. The van der Waals surface area contributed by atoms with Gasteiger partial charge in [-0.05, 0) is 31.4 Å². The average molecular weight is 382 g/mol. The number of phenols is 1. The summed E-state index contributed by atoms with van der Waals surface area (Å²) in [6.45, 7) is 2.24. The first-order valence-corrected chi connectivity index (χ1v) is 9.47. The molecule has 1 aromatic carbocycles. The van der Waals surface area contributed by atoms with Gasteiger partial charge in [-0.15, -0.1) is 0 Å². The minimum atomic E-state index is -0.306. The van der Waals surface area contributed by atoms with Crippen LogP contribution in [0.25, 0.3) is 11.0 Å². The van der Waals surface area contributed by atoms with E-state index < -0.39 is 0 Å². The van der Waals surface area contributed by atoms with Crippen molar-refractivity contribution in [2.24, 2.45) is 0 Å². The van der Waals surface area contributed by atoms with Gasteiger partial charge in [0.25, 0.3) is 5.91 Å². The van der Waals surface area contributed by atoms with Crippen molar-refractivity contribution in [1.29, 1.82) is 5.26 Å². The highest BCUT2D eigenvalue weighted by Crippen LogP contribution is 2.25. The predicted molar refractivity (Wildman–Crippen MR) is 101 cm³/mol. The highest BCUT2D eigenvalue weighted by molar-refractivity contribution is 6.06. The molecule has 2 N–H and O–H groups in total. The maximum atomic E-state index is 12.6. The Morgan fingerprint density at radius 3 is 3.00 bits per heavy atom. The molecule has 2 fully saturated rings.